The Kier molecular flexibility index (Phi) is 5.36. The third-order valence-electron chi connectivity index (χ3n) is 3.29. The van der Waals surface area contributed by atoms with Crippen molar-refractivity contribution in [2.24, 2.45) is 11.8 Å². The van der Waals surface area contributed by atoms with Gasteiger partial charge in [-0.2, -0.15) is 0 Å². The Hall–Kier alpha value is -0.860. The maximum Gasteiger partial charge on any atom is 0.0253 e. The smallest absolute Gasteiger partial charge is 0.0253 e. The Balaban J connectivity index is 2.68. The molecule has 1 aromatic carbocycles. The lowest BCUT2D eigenvalue weighted by molar-refractivity contribution is 0.423. The van der Waals surface area contributed by atoms with E-state index >= 15 is 0 Å². The summed E-state index contributed by atoms with van der Waals surface area (Å²) in [6.45, 7) is 11.2. The second-order valence-corrected chi connectivity index (χ2v) is 6.64. The molecular weight excluding hydrogens is 220 g/mol. The Morgan fingerprint density at radius 3 is 2.06 bits per heavy atom. The molecule has 0 aliphatic rings. The third kappa shape index (κ3) is 4.79. The predicted octanol–water partition coefficient (Wildman–Crippen LogP) is 3.40. The molecule has 1 atom stereocenters. The Bertz CT molecular complexity index is 346. The fourth-order valence-electron chi connectivity index (χ4n) is 2.20. The van der Waals surface area contributed by atoms with E-state index in [1.807, 2.05) is 0 Å². The summed E-state index contributed by atoms with van der Waals surface area (Å²) < 4.78 is 0. The zero-order valence-electron chi connectivity index (χ0n) is 12.5. The minimum absolute atomic E-state index is 0.224. The van der Waals surface area contributed by atoms with Crippen molar-refractivity contribution >= 4 is 0 Å². The van der Waals surface area contributed by atoms with Gasteiger partial charge in [0, 0.05) is 6.04 Å². The largest absolute Gasteiger partial charge is 0.271 e. The molecule has 0 fully saturated rings. The van der Waals surface area contributed by atoms with Gasteiger partial charge in [-0.25, -0.2) is 0 Å². The van der Waals surface area contributed by atoms with Crippen molar-refractivity contribution in [1.82, 2.24) is 5.43 Å². The molecule has 18 heavy (non-hydrogen) atoms. The van der Waals surface area contributed by atoms with Crippen molar-refractivity contribution in [3.8, 4) is 0 Å². The summed E-state index contributed by atoms with van der Waals surface area (Å²) in [5.41, 5.74) is 5.89. The molecule has 102 valence electrons. The third-order valence-corrected chi connectivity index (χ3v) is 3.29. The van der Waals surface area contributed by atoms with Gasteiger partial charge in [0.15, 0.2) is 0 Å². The number of nitrogens with one attached hydrogen (secondary N) is 1. The zero-order chi connectivity index (χ0) is 13.8. The SMILES string of the molecule is CC(C)CC(Cc1ccc(C(C)(C)C)cc1)NN. The van der Waals surface area contributed by atoms with Gasteiger partial charge >= 0.3 is 0 Å². The van der Waals surface area contributed by atoms with E-state index in [1.54, 1.807) is 0 Å². The summed E-state index contributed by atoms with van der Waals surface area (Å²) in [4.78, 5) is 0. The van der Waals surface area contributed by atoms with E-state index < -0.39 is 0 Å². The highest BCUT2D eigenvalue weighted by molar-refractivity contribution is 5.27. The number of rotatable bonds is 5. The molecular formula is C16H28N2. The molecule has 0 bridgehead atoms. The van der Waals surface area contributed by atoms with Crippen LogP contribution in [0.25, 0.3) is 0 Å². The normalized spacial score (nSPS) is 13.9. The number of benzene rings is 1. The molecule has 0 spiro atoms. The van der Waals surface area contributed by atoms with Crippen LogP contribution in [0.5, 0.6) is 0 Å². The van der Waals surface area contributed by atoms with Gasteiger partial charge in [-0.1, -0.05) is 58.9 Å². The molecule has 1 aromatic rings. The molecule has 2 heteroatoms. The number of hydrazine groups is 1. The number of hydrogen-bond acceptors (Lipinski definition) is 2. The Labute approximate surface area is 112 Å². The van der Waals surface area contributed by atoms with E-state index in [-0.39, 0.29) is 5.41 Å². The van der Waals surface area contributed by atoms with Crippen LogP contribution in [0.3, 0.4) is 0 Å². The van der Waals surface area contributed by atoms with E-state index in [9.17, 15) is 0 Å². The summed E-state index contributed by atoms with van der Waals surface area (Å²) in [5.74, 6) is 6.28. The van der Waals surface area contributed by atoms with Gasteiger partial charge in [-0.05, 0) is 35.3 Å². The van der Waals surface area contributed by atoms with Crippen LogP contribution in [-0.4, -0.2) is 6.04 Å². The molecule has 1 unspecified atom stereocenters. The Morgan fingerprint density at radius 1 is 1.11 bits per heavy atom. The van der Waals surface area contributed by atoms with Crippen molar-refractivity contribution < 1.29 is 0 Å². The van der Waals surface area contributed by atoms with Gasteiger partial charge in [0.05, 0.1) is 0 Å². The van der Waals surface area contributed by atoms with Gasteiger partial charge in [0.1, 0.15) is 0 Å². The second kappa shape index (κ2) is 6.35. The first-order chi connectivity index (χ1) is 8.32. The van der Waals surface area contributed by atoms with Gasteiger partial charge < -0.3 is 0 Å². The van der Waals surface area contributed by atoms with Crippen LogP contribution >= 0.6 is 0 Å². The molecule has 0 radical (unpaired) electrons. The number of nitrogens with two attached hydrogens (primary N) is 1. The summed E-state index contributed by atoms with van der Waals surface area (Å²) in [6.07, 6.45) is 2.11. The Morgan fingerprint density at radius 2 is 1.67 bits per heavy atom. The van der Waals surface area contributed by atoms with Crippen LogP contribution in [-0.2, 0) is 11.8 Å². The van der Waals surface area contributed by atoms with E-state index in [1.165, 1.54) is 11.1 Å². The average Bonchev–Trinajstić information content (AvgIpc) is 2.27. The molecule has 0 heterocycles. The molecule has 3 N–H and O–H groups in total. The van der Waals surface area contributed by atoms with E-state index in [0.717, 1.165) is 12.8 Å². The predicted molar refractivity (Wildman–Crippen MR) is 79.4 cm³/mol. The van der Waals surface area contributed by atoms with Crippen LogP contribution in [0.2, 0.25) is 0 Å². The lowest BCUT2D eigenvalue weighted by Gasteiger charge is -2.21. The van der Waals surface area contributed by atoms with Crippen LogP contribution in [0.1, 0.15) is 52.2 Å². The molecule has 2 nitrogen and oxygen atoms in total. The van der Waals surface area contributed by atoms with Gasteiger partial charge in [-0.15, -0.1) is 0 Å². The van der Waals surface area contributed by atoms with Crippen LogP contribution in [0.4, 0.5) is 0 Å². The van der Waals surface area contributed by atoms with Crippen molar-refractivity contribution in [2.45, 2.75) is 58.9 Å². The summed E-state index contributed by atoms with van der Waals surface area (Å²) in [5, 5.41) is 0. The highest BCUT2D eigenvalue weighted by atomic mass is 15.2. The maximum atomic E-state index is 5.62. The van der Waals surface area contributed by atoms with Crippen molar-refractivity contribution in [3.63, 3.8) is 0 Å². The standard InChI is InChI=1S/C16H28N2/c1-12(2)10-15(18-17)11-13-6-8-14(9-7-13)16(3,4)5/h6-9,12,15,18H,10-11,17H2,1-5H3. The maximum absolute atomic E-state index is 5.62. The van der Waals surface area contributed by atoms with Crippen LogP contribution < -0.4 is 11.3 Å². The van der Waals surface area contributed by atoms with E-state index in [4.69, 9.17) is 5.84 Å². The highest BCUT2D eigenvalue weighted by Crippen LogP contribution is 2.22. The lowest BCUT2D eigenvalue weighted by Crippen LogP contribution is -2.37. The highest BCUT2D eigenvalue weighted by Gasteiger charge is 2.14. The van der Waals surface area contributed by atoms with Crippen LogP contribution in [0.15, 0.2) is 24.3 Å². The van der Waals surface area contributed by atoms with Gasteiger partial charge in [-0.3, -0.25) is 11.3 Å². The molecule has 0 aliphatic carbocycles. The van der Waals surface area contributed by atoms with Crippen LogP contribution in [0, 0.1) is 5.92 Å². The van der Waals surface area contributed by atoms with E-state index in [2.05, 4.69) is 64.3 Å². The van der Waals surface area contributed by atoms with Gasteiger partial charge in [0.25, 0.3) is 0 Å². The zero-order valence-corrected chi connectivity index (χ0v) is 12.5. The molecule has 1 rings (SSSR count). The minimum atomic E-state index is 0.224. The van der Waals surface area contributed by atoms with Crippen molar-refractivity contribution in [2.75, 3.05) is 0 Å². The molecule has 0 amide bonds. The first kappa shape index (κ1) is 15.2. The van der Waals surface area contributed by atoms with Crippen molar-refractivity contribution in [1.29, 1.82) is 0 Å². The van der Waals surface area contributed by atoms with Gasteiger partial charge in [0.2, 0.25) is 0 Å². The summed E-state index contributed by atoms with van der Waals surface area (Å²) in [6, 6.07) is 9.29. The first-order valence-corrected chi connectivity index (χ1v) is 6.88. The quantitative estimate of drug-likeness (QED) is 0.619. The second-order valence-electron chi connectivity index (χ2n) is 6.64. The topological polar surface area (TPSA) is 38.0 Å². The lowest BCUT2D eigenvalue weighted by atomic mass is 9.86. The summed E-state index contributed by atoms with van der Waals surface area (Å²) in [7, 11) is 0. The first-order valence-electron chi connectivity index (χ1n) is 6.88. The fourth-order valence-corrected chi connectivity index (χ4v) is 2.20. The minimum Gasteiger partial charge on any atom is -0.271 e. The van der Waals surface area contributed by atoms with E-state index in [0.29, 0.717) is 12.0 Å². The van der Waals surface area contributed by atoms with Crippen molar-refractivity contribution in [3.05, 3.63) is 35.4 Å². The molecule has 0 aliphatic heterocycles. The average molecular weight is 248 g/mol. The summed E-state index contributed by atoms with van der Waals surface area (Å²) >= 11 is 0. The molecule has 0 aromatic heterocycles. The fraction of sp³-hybridized carbons (Fsp3) is 0.625. The monoisotopic (exact) mass is 248 g/mol. The molecule has 0 saturated carbocycles. The number of hydrogen-bond donors (Lipinski definition) is 2. The molecule has 0 saturated heterocycles.